The summed E-state index contributed by atoms with van der Waals surface area (Å²) >= 11 is 0. The van der Waals surface area contributed by atoms with Crippen LogP contribution in [-0.2, 0) is 12.8 Å². The van der Waals surface area contributed by atoms with Gasteiger partial charge in [0, 0.05) is 6.04 Å². The van der Waals surface area contributed by atoms with Crippen LogP contribution in [0.2, 0.25) is 0 Å². The van der Waals surface area contributed by atoms with Crippen molar-refractivity contribution < 1.29 is 15.0 Å². The van der Waals surface area contributed by atoms with Gasteiger partial charge in [-0.15, -0.1) is 0 Å². The molecule has 0 aliphatic heterocycles. The first kappa shape index (κ1) is 15.8. The van der Waals surface area contributed by atoms with E-state index >= 15 is 0 Å². The van der Waals surface area contributed by atoms with Crippen LogP contribution >= 0.6 is 0 Å². The van der Waals surface area contributed by atoms with Crippen LogP contribution in [0, 0.1) is 0 Å². The van der Waals surface area contributed by atoms with Crippen LogP contribution in [0.3, 0.4) is 0 Å². The van der Waals surface area contributed by atoms with Gasteiger partial charge in [-0.1, -0.05) is 19.9 Å². The maximum atomic E-state index is 11.1. The quantitative estimate of drug-likeness (QED) is 0.845. The van der Waals surface area contributed by atoms with Gasteiger partial charge in [0.05, 0.1) is 0 Å². The highest BCUT2D eigenvalue weighted by atomic mass is 16.4. The van der Waals surface area contributed by atoms with E-state index in [1.165, 1.54) is 6.07 Å². The Kier molecular flexibility index (Phi) is 5.23. The molecular weight excluding hydrogens is 266 g/mol. The van der Waals surface area contributed by atoms with E-state index in [0.29, 0.717) is 6.04 Å². The summed E-state index contributed by atoms with van der Waals surface area (Å²) < 4.78 is 0. The van der Waals surface area contributed by atoms with Crippen molar-refractivity contribution in [2.45, 2.75) is 52.0 Å². The number of nitrogens with zero attached hydrogens (tertiary/aromatic N) is 1. The van der Waals surface area contributed by atoms with Gasteiger partial charge < -0.3 is 15.1 Å². The lowest BCUT2D eigenvalue weighted by molar-refractivity contribution is 0.0693. The Bertz CT molecular complexity index is 507. The number of hydrogen-bond donors (Lipinski definition) is 2. The van der Waals surface area contributed by atoms with Gasteiger partial charge in [0.1, 0.15) is 11.3 Å². The van der Waals surface area contributed by atoms with Crippen LogP contribution in [0.4, 0.5) is 0 Å². The molecule has 2 N–H and O–H groups in total. The Labute approximate surface area is 126 Å². The molecule has 0 aromatic heterocycles. The van der Waals surface area contributed by atoms with Gasteiger partial charge in [-0.25, -0.2) is 4.79 Å². The highest BCUT2D eigenvalue weighted by molar-refractivity contribution is 5.91. The Balaban J connectivity index is 2.21. The maximum absolute atomic E-state index is 11.1. The average molecular weight is 291 g/mol. The van der Waals surface area contributed by atoms with E-state index in [2.05, 4.69) is 18.7 Å². The summed E-state index contributed by atoms with van der Waals surface area (Å²) in [5.74, 6) is -1.09. The summed E-state index contributed by atoms with van der Waals surface area (Å²) in [6, 6.07) is 3.91. The zero-order valence-corrected chi connectivity index (χ0v) is 12.9. The Hall–Kier alpha value is -1.55. The number of benzene rings is 1. The molecule has 0 heterocycles. The Morgan fingerprint density at radius 2 is 1.95 bits per heavy atom. The normalized spacial score (nSPS) is 17.8. The molecule has 0 saturated carbocycles. The number of aromatic hydroxyl groups is 1. The number of fused-ring (bicyclic) bond motifs is 1. The van der Waals surface area contributed by atoms with Crippen LogP contribution in [0.5, 0.6) is 5.75 Å². The van der Waals surface area contributed by atoms with Gasteiger partial charge in [0.25, 0.3) is 0 Å². The molecule has 0 radical (unpaired) electrons. The standard InChI is InChI=1S/C17H25NO3/c1-3-9-18(10-4-2)13-6-8-14-12(11-13)5-7-15(16(14)19)17(20)21/h5,7,13,19H,3-4,6,8-11H2,1-2H3,(H,20,21)/t13-/m1/s1. The number of carboxylic acid groups (broad SMARTS) is 1. The van der Waals surface area contributed by atoms with Gasteiger partial charge in [0.2, 0.25) is 0 Å². The van der Waals surface area contributed by atoms with Gasteiger partial charge in [0.15, 0.2) is 0 Å². The topological polar surface area (TPSA) is 60.8 Å². The molecule has 1 aliphatic carbocycles. The average Bonchev–Trinajstić information content (AvgIpc) is 2.46. The third-order valence-electron chi connectivity index (χ3n) is 4.33. The fraction of sp³-hybridized carbons (Fsp3) is 0.588. The zero-order valence-electron chi connectivity index (χ0n) is 12.9. The number of hydrogen-bond acceptors (Lipinski definition) is 3. The number of carbonyl (C=O) groups is 1. The number of rotatable bonds is 6. The van der Waals surface area contributed by atoms with E-state index in [4.69, 9.17) is 5.11 Å². The van der Waals surface area contributed by atoms with Crippen molar-refractivity contribution in [3.05, 3.63) is 28.8 Å². The molecule has 0 fully saturated rings. The molecule has 1 atom stereocenters. The highest BCUT2D eigenvalue weighted by Crippen LogP contribution is 2.33. The summed E-state index contributed by atoms with van der Waals surface area (Å²) in [5, 5.41) is 19.2. The van der Waals surface area contributed by atoms with E-state index in [0.717, 1.165) is 56.3 Å². The van der Waals surface area contributed by atoms with E-state index in [1.54, 1.807) is 0 Å². The molecule has 0 unspecified atom stereocenters. The second kappa shape index (κ2) is 6.94. The molecule has 0 amide bonds. The lowest BCUT2D eigenvalue weighted by Gasteiger charge is -2.35. The first-order valence-electron chi connectivity index (χ1n) is 7.89. The summed E-state index contributed by atoms with van der Waals surface area (Å²) in [6.07, 6.45) is 4.95. The Morgan fingerprint density at radius 3 is 2.52 bits per heavy atom. The van der Waals surface area contributed by atoms with E-state index in [1.807, 2.05) is 6.07 Å². The molecule has 2 rings (SSSR count). The predicted octanol–water partition coefficient (Wildman–Crippen LogP) is 3.07. The van der Waals surface area contributed by atoms with Gasteiger partial charge in [-0.05, 0) is 62.4 Å². The minimum Gasteiger partial charge on any atom is -0.507 e. The molecule has 1 aromatic carbocycles. The van der Waals surface area contributed by atoms with Crippen molar-refractivity contribution in [2.75, 3.05) is 13.1 Å². The fourth-order valence-corrected chi connectivity index (χ4v) is 3.35. The fourth-order valence-electron chi connectivity index (χ4n) is 3.35. The summed E-state index contributed by atoms with van der Waals surface area (Å²) in [4.78, 5) is 13.6. The zero-order chi connectivity index (χ0) is 15.4. The van der Waals surface area contributed by atoms with Crippen LogP contribution in [0.25, 0.3) is 0 Å². The minimum absolute atomic E-state index is 0.0196. The molecule has 116 valence electrons. The largest absolute Gasteiger partial charge is 0.507 e. The van der Waals surface area contributed by atoms with Gasteiger partial charge >= 0.3 is 5.97 Å². The summed E-state index contributed by atoms with van der Waals surface area (Å²) in [7, 11) is 0. The SMILES string of the molecule is CCCN(CCC)[C@@H]1CCc2c(ccc(C(=O)O)c2O)C1. The van der Waals surface area contributed by atoms with Crippen molar-refractivity contribution in [1.29, 1.82) is 0 Å². The molecular formula is C17H25NO3. The van der Waals surface area contributed by atoms with Gasteiger partial charge in [-0.3, -0.25) is 0 Å². The molecule has 4 nitrogen and oxygen atoms in total. The van der Waals surface area contributed by atoms with E-state index < -0.39 is 5.97 Å². The van der Waals surface area contributed by atoms with Crippen molar-refractivity contribution in [3.63, 3.8) is 0 Å². The van der Waals surface area contributed by atoms with Crippen molar-refractivity contribution in [3.8, 4) is 5.75 Å². The molecule has 1 aliphatic rings. The molecule has 4 heteroatoms. The van der Waals surface area contributed by atoms with E-state index in [-0.39, 0.29) is 11.3 Å². The first-order valence-corrected chi connectivity index (χ1v) is 7.89. The van der Waals surface area contributed by atoms with Crippen molar-refractivity contribution in [1.82, 2.24) is 4.90 Å². The van der Waals surface area contributed by atoms with Crippen LogP contribution in [0.1, 0.15) is 54.6 Å². The number of carboxylic acids is 1. The Morgan fingerprint density at radius 1 is 1.29 bits per heavy atom. The molecule has 21 heavy (non-hydrogen) atoms. The number of aromatic carboxylic acids is 1. The van der Waals surface area contributed by atoms with Crippen LogP contribution in [-0.4, -0.2) is 40.2 Å². The maximum Gasteiger partial charge on any atom is 0.339 e. The first-order chi connectivity index (χ1) is 10.1. The summed E-state index contributed by atoms with van der Waals surface area (Å²) in [5.41, 5.74) is 1.95. The highest BCUT2D eigenvalue weighted by Gasteiger charge is 2.27. The lowest BCUT2D eigenvalue weighted by atomic mass is 9.85. The number of phenols is 1. The molecule has 0 spiro atoms. The third kappa shape index (κ3) is 3.38. The third-order valence-corrected chi connectivity index (χ3v) is 4.33. The lowest BCUT2D eigenvalue weighted by Crippen LogP contribution is -2.40. The summed E-state index contributed by atoms with van der Waals surface area (Å²) in [6.45, 7) is 6.61. The minimum atomic E-state index is -1.06. The van der Waals surface area contributed by atoms with Crippen molar-refractivity contribution >= 4 is 5.97 Å². The smallest absolute Gasteiger partial charge is 0.339 e. The monoisotopic (exact) mass is 291 g/mol. The second-order valence-corrected chi connectivity index (χ2v) is 5.84. The molecule has 0 saturated heterocycles. The van der Waals surface area contributed by atoms with Gasteiger partial charge in [-0.2, -0.15) is 0 Å². The van der Waals surface area contributed by atoms with Crippen LogP contribution in [0.15, 0.2) is 12.1 Å². The molecule has 1 aromatic rings. The molecule has 0 bridgehead atoms. The predicted molar refractivity (Wildman–Crippen MR) is 83.0 cm³/mol. The van der Waals surface area contributed by atoms with Crippen LogP contribution < -0.4 is 0 Å². The van der Waals surface area contributed by atoms with E-state index in [9.17, 15) is 9.90 Å². The second-order valence-electron chi connectivity index (χ2n) is 5.84. The van der Waals surface area contributed by atoms with Crippen molar-refractivity contribution in [2.24, 2.45) is 0 Å².